The van der Waals surface area contributed by atoms with Gasteiger partial charge in [0.05, 0.1) is 18.8 Å². The number of carbonyl (C=O) groups excluding carboxylic acids is 2. The topological polar surface area (TPSA) is 130 Å². The van der Waals surface area contributed by atoms with Crippen molar-refractivity contribution in [2.45, 2.75) is 81.5 Å². The van der Waals surface area contributed by atoms with E-state index in [4.69, 9.17) is 9.47 Å². The third-order valence-corrected chi connectivity index (χ3v) is 12.7. The molecule has 2 atom stereocenters. The molecule has 3 amide bonds. The molecule has 11 nitrogen and oxygen atoms in total. The molecule has 0 saturated carbocycles. The fourth-order valence-corrected chi connectivity index (χ4v) is 9.94. The third-order valence-electron chi connectivity index (χ3n) is 10.9. The number of aromatic nitrogens is 2. The first kappa shape index (κ1) is 36.4. The minimum absolute atomic E-state index is 0.0413. The number of hydrogen-bond donors (Lipinski definition) is 2. The van der Waals surface area contributed by atoms with Crippen molar-refractivity contribution in [2.24, 2.45) is 0 Å². The van der Waals surface area contributed by atoms with Gasteiger partial charge < -0.3 is 19.7 Å². The number of rotatable bonds is 8. The second-order valence-electron chi connectivity index (χ2n) is 15.5. The highest BCUT2D eigenvalue weighted by atomic mass is 32.2. The predicted octanol–water partition coefficient (Wildman–Crippen LogP) is 7.95. The van der Waals surface area contributed by atoms with Crippen LogP contribution >= 0.6 is 0 Å². The van der Waals surface area contributed by atoms with E-state index >= 15 is 9.00 Å². The molecule has 4 aromatic carbocycles. The Morgan fingerprint density at radius 1 is 0.873 bits per heavy atom. The van der Waals surface area contributed by atoms with E-state index in [-0.39, 0.29) is 23.9 Å². The summed E-state index contributed by atoms with van der Waals surface area (Å²) >= 11 is 0. The van der Waals surface area contributed by atoms with E-state index in [0.717, 1.165) is 48.9 Å². The maximum absolute atomic E-state index is 16.0. The Morgan fingerprint density at radius 2 is 1.44 bits per heavy atom. The molecular weight excluding hydrogens is 713 g/mol. The fourth-order valence-electron chi connectivity index (χ4n) is 8.17. The number of likely N-dealkylation sites (N-methyl/N-ethyl adjacent to an activating group) is 1. The molecule has 1 aromatic heterocycles. The lowest BCUT2D eigenvalue weighted by molar-refractivity contribution is 0.0101. The molecule has 2 aliphatic carbocycles. The maximum Gasteiger partial charge on any atom is 0.410 e. The van der Waals surface area contributed by atoms with Crippen LogP contribution in [0.3, 0.4) is 0 Å². The standard InChI is InChI=1S/C43H46N6O5S/c1-42(2,3)54-41(51)47(4)34-27-48-39(53-28-34)37(26-45-48)55(44,52)49(40(50)46-38-35-22-14-15-29(35)25-30-23-24-36(30)38)43(31-16-8-5-9-17-31,32-18-10-6-11-19-32)33-20-12-7-13-21-33/h5-13,16-21,25-26,34,44H,14-15,22-24,27-28H2,1-4H3,(H,46,50)/t34-,55?/m0/s1. The summed E-state index contributed by atoms with van der Waals surface area (Å²) in [5.41, 5.74) is 5.12. The molecule has 2 N–H and O–H groups in total. The Bertz CT molecular complexity index is 2260. The van der Waals surface area contributed by atoms with Gasteiger partial charge in [0.25, 0.3) is 0 Å². The zero-order valence-corrected chi connectivity index (χ0v) is 32.4. The Labute approximate surface area is 322 Å². The van der Waals surface area contributed by atoms with Gasteiger partial charge in [-0.15, -0.1) is 0 Å². The largest absolute Gasteiger partial charge is 0.475 e. The number of nitrogens with zero attached hydrogens (tertiary/aromatic N) is 4. The zero-order chi connectivity index (χ0) is 38.5. The first-order valence-electron chi connectivity index (χ1n) is 18.8. The molecule has 0 radical (unpaired) electrons. The monoisotopic (exact) mass is 758 g/mol. The summed E-state index contributed by atoms with van der Waals surface area (Å²) in [6.07, 6.45) is 5.39. The molecule has 0 saturated heterocycles. The fraction of sp³-hybridized carbons (Fsp3) is 0.326. The summed E-state index contributed by atoms with van der Waals surface area (Å²) in [5, 5.41) is 7.83. The normalized spacial score (nSPS) is 17.0. The Balaban J connectivity index is 1.31. The number of carbonyl (C=O) groups is 2. The number of fused-ring (bicyclic) bond motifs is 3. The van der Waals surface area contributed by atoms with Gasteiger partial charge in [-0.2, -0.15) is 5.10 Å². The Morgan fingerprint density at radius 3 is 1.98 bits per heavy atom. The Kier molecular flexibility index (Phi) is 9.19. The molecule has 284 valence electrons. The van der Waals surface area contributed by atoms with Crippen LogP contribution in [0.15, 0.2) is 108 Å². The number of ether oxygens (including phenoxy) is 2. The number of urea groups is 1. The maximum atomic E-state index is 16.0. The van der Waals surface area contributed by atoms with Gasteiger partial charge in [-0.3, -0.25) is 0 Å². The van der Waals surface area contributed by atoms with Crippen LogP contribution in [-0.4, -0.2) is 60.6 Å². The smallest absolute Gasteiger partial charge is 0.410 e. The van der Waals surface area contributed by atoms with Gasteiger partial charge in [-0.1, -0.05) is 97.1 Å². The highest BCUT2D eigenvalue weighted by Gasteiger charge is 2.52. The number of nitrogens with one attached hydrogen (secondary N) is 2. The molecule has 3 aliphatic rings. The van der Waals surface area contributed by atoms with E-state index in [1.54, 1.807) is 27.8 Å². The van der Waals surface area contributed by atoms with E-state index in [9.17, 15) is 9.57 Å². The van der Waals surface area contributed by atoms with Crippen molar-refractivity contribution >= 4 is 27.7 Å². The molecule has 0 fully saturated rings. The second kappa shape index (κ2) is 13.9. The average molecular weight is 759 g/mol. The van der Waals surface area contributed by atoms with Crippen molar-refractivity contribution < 1.29 is 23.3 Å². The highest BCUT2D eigenvalue weighted by molar-refractivity contribution is 7.90. The average Bonchev–Trinajstić information content (AvgIpc) is 3.82. The van der Waals surface area contributed by atoms with Crippen LogP contribution in [0.2, 0.25) is 0 Å². The van der Waals surface area contributed by atoms with Crippen LogP contribution in [-0.2, 0) is 52.4 Å². The van der Waals surface area contributed by atoms with Gasteiger partial charge in [0.1, 0.15) is 22.6 Å². The lowest BCUT2D eigenvalue weighted by atomic mass is 9.77. The predicted molar refractivity (Wildman–Crippen MR) is 211 cm³/mol. The number of hydrogen-bond acceptors (Lipinski definition) is 7. The molecule has 2 heterocycles. The van der Waals surface area contributed by atoms with Crippen LogP contribution < -0.4 is 10.1 Å². The molecule has 55 heavy (non-hydrogen) atoms. The van der Waals surface area contributed by atoms with Gasteiger partial charge in [-0.25, -0.2) is 27.6 Å². The van der Waals surface area contributed by atoms with Crippen molar-refractivity contribution in [2.75, 3.05) is 19.0 Å². The van der Waals surface area contributed by atoms with Crippen LogP contribution in [0.25, 0.3) is 0 Å². The SMILES string of the molecule is CN(C(=O)OC(C)(C)C)[C@@H]1COc2c(S(=N)(=O)N(C(=O)Nc3c4c(cc5c3CC5)CCC4)C(c3ccccc3)(c3ccccc3)c3ccccc3)cnn2C1. The summed E-state index contributed by atoms with van der Waals surface area (Å²) in [7, 11) is -2.67. The van der Waals surface area contributed by atoms with Gasteiger partial charge in [-0.05, 0) is 91.8 Å². The number of benzene rings is 4. The summed E-state index contributed by atoms with van der Waals surface area (Å²) in [6.45, 7) is 5.66. The van der Waals surface area contributed by atoms with E-state index in [1.807, 2.05) is 91.0 Å². The molecule has 12 heteroatoms. The van der Waals surface area contributed by atoms with Gasteiger partial charge in [0, 0.05) is 12.7 Å². The van der Waals surface area contributed by atoms with Crippen molar-refractivity contribution in [1.29, 1.82) is 4.78 Å². The number of anilines is 1. The van der Waals surface area contributed by atoms with Crippen LogP contribution in [0, 0.1) is 4.78 Å². The molecule has 0 bridgehead atoms. The summed E-state index contributed by atoms with van der Waals surface area (Å²) in [5.74, 6) is 0.111. The van der Waals surface area contributed by atoms with Crippen molar-refractivity contribution in [3.8, 4) is 5.88 Å². The molecular formula is C43H46N6O5S. The second-order valence-corrected chi connectivity index (χ2v) is 17.3. The number of aryl methyl sites for hydroxylation is 2. The van der Waals surface area contributed by atoms with E-state index < -0.39 is 39.2 Å². The summed E-state index contributed by atoms with van der Waals surface area (Å²) in [4.78, 5) is 30.0. The molecule has 1 unspecified atom stereocenters. The first-order valence-corrected chi connectivity index (χ1v) is 20.3. The third kappa shape index (κ3) is 6.31. The zero-order valence-electron chi connectivity index (χ0n) is 31.6. The molecule has 1 aliphatic heterocycles. The van der Waals surface area contributed by atoms with E-state index in [2.05, 4.69) is 16.5 Å². The van der Waals surface area contributed by atoms with Gasteiger partial charge in [0.15, 0.2) is 9.92 Å². The minimum atomic E-state index is -4.31. The van der Waals surface area contributed by atoms with Gasteiger partial charge in [0.2, 0.25) is 5.88 Å². The molecule has 5 aromatic rings. The van der Waals surface area contributed by atoms with Crippen molar-refractivity contribution in [3.05, 3.63) is 142 Å². The lowest BCUT2D eigenvalue weighted by Crippen LogP contribution is -2.55. The lowest BCUT2D eigenvalue weighted by Gasteiger charge is -2.45. The highest BCUT2D eigenvalue weighted by Crippen LogP contribution is 2.48. The Hall–Kier alpha value is -5.62. The molecule has 0 spiro atoms. The van der Waals surface area contributed by atoms with Crippen molar-refractivity contribution in [3.63, 3.8) is 0 Å². The van der Waals surface area contributed by atoms with Crippen LogP contribution in [0.4, 0.5) is 15.3 Å². The van der Waals surface area contributed by atoms with Crippen molar-refractivity contribution in [1.82, 2.24) is 19.0 Å². The number of amides is 3. The first-order chi connectivity index (χ1) is 26.4. The summed E-state index contributed by atoms with van der Waals surface area (Å²) in [6, 6.07) is 29.6. The van der Waals surface area contributed by atoms with Crippen LogP contribution in [0.5, 0.6) is 5.88 Å². The minimum Gasteiger partial charge on any atom is -0.475 e. The van der Waals surface area contributed by atoms with E-state index in [0.29, 0.717) is 16.7 Å². The van der Waals surface area contributed by atoms with E-state index in [1.165, 1.54) is 31.2 Å². The van der Waals surface area contributed by atoms with Gasteiger partial charge >= 0.3 is 12.1 Å². The summed E-state index contributed by atoms with van der Waals surface area (Å²) < 4.78 is 40.7. The molecule has 8 rings (SSSR count). The quantitative estimate of drug-likeness (QED) is 0.155. The van der Waals surface area contributed by atoms with Crippen LogP contribution in [0.1, 0.15) is 66.1 Å².